The van der Waals surface area contributed by atoms with Gasteiger partial charge in [-0.1, -0.05) is 32.0 Å². The molecule has 0 fully saturated rings. The monoisotopic (exact) mass is 250 g/mol. The van der Waals surface area contributed by atoms with Crippen LogP contribution in [0.3, 0.4) is 0 Å². The van der Waals surface area contributed by atoms with Crippen molar-refractivity contribution in [2.24, 2.45) is 0 Å². The molecule has 18 heavy (non-hydrogen) atoms. The van der Waals surface area contributed by atoms with E-state index in [9.17, 15) is 5.11 Å². The predicted molar refractivity (Wildman–Crippen MR) is 78.0 cm³/mol. The number of nitrogens with zero attached hydrogens (tertiary/aromatic N) is 1. The first-order valence-electron chi connectivity index (χ1n) is 6.75. The first kappa shape index (κ1) is 15.0. The van der Waals surface area contributed by atoms with Gasteiger partial charge in [0.05, 0.1) is 6.61 Å². The molecule has 2 N–H and O–H groups in total. The third kappa shape index (κ3) is 4.31. The summed E-state index contributed by atoms with van der Waals surface area (Å²) < 4.78 is 0. The number of rotatable bonds is 7. The Balaban J connectivity index is 2.91. The van der Waals surface area contributed by atoms with Crippen molar-refractivity contribution in [3.05, 3.63) is 29.8 Å². The van der Waals surface area contributed by atoms with E-state index in [1.807, 2.05) is 0 Å². The molecule has 0 aliphatic rings. The summed E-state index contributed by atoms with van der Waals surface area (Å²) >= 11 is 0. The van der Waals surface area contributed by atoms with Crippen LogP contribution in [0.25, 0.3) is 0 Å². The van der Waals surface area contributed by atoms with Crippen LogP contribution >= 0.6 is 0 Å². The fraction of sp³-hybridized carbons (Fsp3) is 0.600. The van der Waals surface area contributed by atoms with Crippen molar-refractivity contribution in [1.29, 1.82) is 0 Å². The molecule has 0 aromatic heterocycles. The molecule has 1 aromatic rings. The second-order valence-corrected chi connectivity index (χ2v) is 5.18. The Morgan fingerprint density at radius 3 is 2.39 bits per heavy atom. The van der Waals surface area contributed by atoms with Crippen molar-refractivity contribution in [2.75, 3.05) is 18.1 Å². The van der Waals surface area contributed by atoms with E-state index in [4.69, 9.17) is 0 Å². The van der Waals surface area contributed by atoms with Crippen molar-refractivity contribution in [3.8, 4) is 0 Å². The number of nitrogens with one attached hydrogen (secondary N) is 1. The summed E-state index contributed by atoms with van der Waals surface area (Å²) in [5.74, 6) is 0. The topological polar surface area (TPSA) is 35.5 Å². The second-order valence-electron chi connectivity index (χ2n) is 5.18. The molecule has 3 nitrogen and oxygen atoms in total. The van der Waals surface area contributed by atoms with Gasteiger partial charge in [-0.05, 0) is 25.5 Å². The Morgan fingerprint density at radius 1 is 1.17 bits per heavy atom. The number of benzene rings is 1. The average molecular weight is 250 g/mol. The summed E-state index contributed by atoms with van der Waals surface area (Å²) in [6.45, 7) is 10.3. The minimum atomic E-state index is 0.185. The van der Waals surface area contributed by atoms with Gasteiger partial charge in [0, 0.05) is 30.9 Å². The molecule has 0 heterocycles. The van der Waals surface area contributed by atoms with Crippen molar-refractivity contribution in [3.63, 3.8) is 0 Å². The molecule has 0 saturated heterocycles. The van der Waals surface area contributed by atoms with E-state index in [1.165, 1.54) is 11.3 Å². The van der Waals surface area contributed by atoms with E-state index < -0.39 is 0 Å². The molecule has 0 saturated carbocycles. The van der Waals surface area contributed by atoms with E-state index in [0.717, 1.165) is 6.54 Å². The van der Waals surface area contributed by atoms with Gasteiger partial charge in [0.1, 0.15) is 0 Å². The number of anilines is 1. The molecule has 0 spiro atoms. The summed E-state index contributed by atoms with van der Waals surface area (Å²) in [7, 11) is 0. The van der Waals surface area contributed by atoms with Gasteiger partial charge < -0.3 is 15.3 Å². The lowest BCUT2D eigenvalue weighted by molar-refractivity contribution is 0.299. The fourth-order valence-electron chi connectivity index (χ4n) is 2.02. The molecule has 0 amide bonds. The first-order valence-corrected chi connectivity index (χ1v) is 6.75. The first-order chi connectivity index (χ1) is 8.56. The molecule has 0 unspecified atom stereocenters. The number of aliphatic hydroxyl groups is 1. The Morgan fingerprint density at radius 2 is 1.83 bits per heavy atom. The van der Waals surface area contributed by atoms with Crippen molar-refractivity contribution >= 4 is 5.69 Å². The Labute approximate surface area is 111 Å². The van der Waals surface area contributed by atoms with Crippen LogP contribution in [-0.4, -0.2) is 30.3 Å². The highest BCUT2D eigenvalue weighted by Crippen LogP contribution is 2.22. The standard InChI is InChI=1S/C15H26N2O/c1-12(2)16-11-14-7-5-6-8-15(14)17(9-10-18)13(3)4/h5-8,12-13,16,18H,9-11H2,1-4H3. The van der Waals surface area contributed by atoms with Crippen LogP contribution in [0.1, 0.15) is 33.3 Å². The third-order valence-electron chi connectivity index (χ3n) is 2.97. The zero-order chi connectivity index (χ0) is 13.5. The summed E-state index contributed by atoms with van der Waals surface area (Å²) in [5.41, 5.74) is 2.50. The minimum absolute atomic E-state index is 0.185. The van der Waals surface area contributed by atoms with Crippen LogP contribution < -0.4 is 10.2 Å². The van der Waals surface area contributed by atoms with E-state index in [1.54, 1.807) is 0 Å². The predicted octanol–water partition coefficient (Wildman–Crippen LogP) is 2.39. The highest BCUT2D eigenvalue weighted by atomic mass is 16.3. The molecule has 0 bridgehead atoms. The highest BCUT2D eigenvalue weighted by Gasteiger charge is 2.13. The molecule has 0 aliphatic heterocycles. The maximum Gasteiger partial charge on any atom is 0.0606 e. The Hall–Kier alpha value is -1.06. The summed E-state index contributed by atoms with van der Waals surface area (Å²) in [4.78, 5) is 2.25. The van der Waals surface area contributed by atoms with Crippen LogP contribution in [0, 0.1) is 0 Å². The second kappa shape index (κ2) is 7.39. The lowest BCUT2D eigenvalue weighted by atomic mass is 10.1. The largest absolute Gasteiger partial charge is 0.395 e. The molecule has 0 atom stereocenters. The lowest BCUT2D eigenvalue weighted by Crippen LogP contribution is -2.35. The van der Waals surface area contributed by atoms with Gasteiger partial charge in [-0.25, -0.2) is 0 Å². The maximum atomic E-state index is 9.20. The Kier molecular flexibility index (Phi) is 6.16. The van der Waals surface area contributed by atoms with Crippen LogP contribution in [0.15, 0.2) is 24.3 Å². The zero-order valence-electron chi connectivity index (χ0n) is 12.0. The van der Waals surface area contributed by atoms with E-state index in [2.05, 4.69) is 62.2 Å². The minimum Gasteiger partial charge on any atom is -0.395 e. The van der Waals surface area contributed by atoms with Crippen molar-refractivity contribution in [2.45, 2.75) is 46.3 Å². The van der Waals surface area contributed by atoms with E-state index >= 15 is 0 Å². The lowest BCUT2D eigenvalue weighted by Gasteiger charge is -2.30. The smallest absolute Gasteiger partial charge is 0.0606 e. The quantitative estimate of drug-likeness (QED) is 0.780. The molecule has 102 valence electrons. The van der Waals surface area contributed by atoms with Gasteiger partial charge >= 0.3 is 0 Å². The van der Waals surface area contributed by atoms with Crippen molar-refractivity contribution < 1.29 is 5.11 Å². The number of hydrogen-bond acceptors (Lipinski definition) is 3. The third-order valence-corrected chi connectivity index (χ3v) is 2.97. The van der Waals surface area contributed by atoms with Gasteiger partial charge in [0.25, 0.3) is 0 Å². The van der Waals surface area contributed by atoms with Crippen LogP contribution in [0.2, 0.25) is 0 Å². The fourth-order valence-corrected chi connectivity index (χ4v) is 2.02. The van der Waals surface area contributed by atoms with Gasteiger partial charge in [-0.3, -0.25) is 0 Å². The summed E-state index contributed by atoms with van der Waals surface area (Å²) in [6.07, 6.45) is 0. The number of para-hydroxylation sites is 1. The molecule has 0 aliphatic carbocycles. The zero-order valence-corrected chi connectivity index (χ0v) is 12.0. The SMILES string of the molecule is CC(C)NCc1ccccc1N(CCO)C(C)C. The van der Waals surface area contributed by atoms with E-state index in [0.29, 0.717) is 18.6 Å². The van der Waals surface area contributed by atoms with Gasteiger partial charge in [0.15, 0.2) is 0 Å². The summed E-state index contributed by atoms with van der Waals surface area (Å²) in [5, 5.41) is 12.6. The van der Waals surface area contributed by atoms with Crippen LogP contribution in [0.5, 0.6) is 0 Å². The van der Waals surface area contributed by atoms with Crippen LogP contribution in [0.4, 0.5) is 5.69 Å². The van der Waals surface area contributed by atoms with Crippen molar-refractivity contribution in [1.82, 2.24) is 5.32 Å². The average Bonchev–Trinajstić information content (AvgIpc) is 2.33. The normalized spacial score (nSPS) is 11.3. The van der Waals surface area contributed by atoms with Gasteiger partial charge in [-0.15, -0.1) is 0 Å². The summed E-state index contributed by atoms with van der Waals surface area (Å²) in [6, 6.07) is 9.27. The van der Waals surface area contributed by atoms with Gasteiger partial charge in [-0.2, -0.15) is 0 Å². The van der Waals surface area contributed by atoms with Crippen LogP contribution in [-0.2, 0) is 6.54 Å². The molecular formula is C15H26N2O. The molecule has 3 heteroatoms. The molecule has 1 aromatic carbocycles. The number of aliphatic hydroxyl groups excluding tert-OH is 1. The molecule has 0 radical (unpaired) electrons. The van der Waals surface area contributed by atoms with Gasteiger partial charge in [0.2, 0.25) is 0 Å². The Bertz CT molecular complexity index is 350. The molecule has 1 rings (SSSR count). The molecular weight excluding hydrogens is 224 g/mol. The maximum absolute atomic E-state index is 9.20. The number of hydrogen-bond donors (Lipinski definition) is 2. The van der Waals surface area contributed by atoms with E-state index in [-0.39, 0.29) is 6.61 Å². The highest BCUT2D eigenvalue weighted by molar-refractivity contribution is 5.54.